The monoisotopic (exact) mass is 367 g/mol. The number of nitrogens with zero attached hydrogens (tertiary/aromatic N) is 2. The summed E-state index contributed by atoms with van der Waals surface area (Å²) in [5, 5.41) is 3.12. The second-order valence-corrected chi connectivity index (χ2v) is 7.86. The Hall–Kier alpha value is -1.34. The summed E-state index contributed by atoms with van der Waals surface area (Å²) in [5.41, 5.74) is 0. The number of urea groups is 1. The molecule has 26 heavy (non-hydrogen) atoms. The molecule has 2 heterocycles. The molecule has 0 aromatic heterocycles. The Morgan fingerprint density at radius 2 is 2.04 bits per heavy atom. The van der Waals surface area contributed by atoms with Crippen LogP contribution in [-0.2, 0) is 14.3 Å². The fourth-order valence-electron chi connectivity index (χ4n) is 4.77. The number of ether oxygens (including phenoxy) is 2. The molecule has 1 aliphatic carbocycles. The molecule has 4 unspecified atom stereocenters. The van der Waals surface area contributed by atoms with E-state index in [0.29, 0.717) is 38.1 Å². The fraction of sp³-hybridized carbons (Fsp3) is 0.895. The van der Waals surface area contributed by atoms with Crippen molar-refractivity contribution in [1.29, 1.82) is 0 Å². The highest BCUT2D eigenvalue weighted by atomic mass is 16.5. The Bertz CT molecular complexity index is 501. The molecule has 0 aromatic carbocycles. The second-order valence-electron chi connectivity index (χ2n) is 7.86. The lowest BCUT2D eigenvalue weighted by atomic mass is 9.94. The van der Waals surface area contributed by atoms with Crippen LogP contribution >= 0.6 is 0 Å². The van der Waals surface area contributed by atoms with E-state index in [1.54, 1.807) is 14.0 Å². The Labute approximate surface area is 156 Å². The van der Waals surface area contributed by atoms with Gasteiger partial charge in [-0.05, 0) is 31.6 Å². The molecule has 0 bridgehead atoms. The van der Waals surface area contributed by atoms with Crippen LogP contribution in [0.15, 0.2) is 0 Å². The number of hydrogen-bond donors (Lipinski definition) is 1. The van der Waals surface area contributed by atoms with Gasteiger partial charge in [0.25, 0.3) is 0 Å². The number of hydrogen-bond acceptors (Lipinski definition) is 4. The highest BCUT2D eigenvalue weighted by molar-refractivity contribution is 5.75. The molecule has 0 aromatic rings. The van der Waals surface area contributed by atoms with Crippen molar-refractivity contribution in [2.24, 2.45) is 11.8 Å². The van der Waals surface area contributed by atoms with Gasteiger partial charge in [-0.2, -0.15) is 0 Å². The molecule has 2 aliphatic heterocycles. The first-order chi connectivity index (χ1) is 12.6. The summed E-state index contributed by atoms with van der Waals surface area (Å²) in [6.45, 7) is 5.66. The van der Waals surface area contributed by atoms with Crippen molar-refractivity contribution in [3.05, 3.63) is 0 Å². The molecular formula is C19H33N3O4. The third-order valence-electron chi connectivity index (χ3n) is 6.23. The van der Waals surface area contributed by atoms with Crippen LogP contribution in [-0.4, -0.2) is 80.4 Å². The van der Waals surface area contributed by atoms with Gasteiger partial charge in [0.05, 0.1) is 25.4 Å². The maximum Gasteiger partial charge on any atom is 0.317 e. The quantitative estimate of drug-likeness (QED) is 0.817. The topological polar surface area (TPSA) is 71.1 Å². The van der Waals surface area contributed by atoms with Gasteiger partial charge in [-0.15, -0.1) is 0 Å². The summed E-state index contributed by atoms with van der Waals surface area (Å²) < 4.78 is 11.3. The minimum absolute atomic E-state index is 0.00000142. The zero-order valence-electron chi connectivity index (χ0n) is 16.1. The number of carbonyl (C=O) groups excluding carboxylic acids is 2. The van der Waals surface area contributed by atoms with Crippen molar-refractivity contribution >= 4 is 11.9 Å². The molecule has 7 heteroatoms. The van der Waals surface area contributed by atoms with E-state index >= 15 is 0 Å². The minimum atomic E-state index is 0.00000142. The van der Waals surface area contributed by atoms with Gasteiger partial charge in [0.1, 0.15) is 0 Å². The molecule has 3 rings (SSSR count). The molecule has 3 aliphatic rings. The zero-order chi connectivity index (χ0) is 18.5. The van der Waals surface area contributed by atoms with Crippen LogP contribution in [0, 0.1) is 11.8 Å². The molecule has 7 nitrogen and oxygen atoms in total. The highest BCUT2D eigenvalue weighted by Crippen LogP contribution is 2.34. The highest BCUT2D eigenvalue weighted by Gasteiger charge is 2.40. The average molecular weight is 367 g/mol. The largest absolute Gasteiger partial charge is 0.381 e. The summed E-state index contributed by atoms with van der Waals surface area (Å²) in [4.78, 5) is 28.3. The number of nitrogens with one attached hydrogen (secondary N) is 1. The van der Waals surface area contributed by atoms with Gasteiger partial charge in [0.15, 0.2) is 0 Å². The number of likely N-dealkylation sites (tertiary alicyclic amines) is 1. The van der Waals surface area contributed by atoms with E-state index in [1.807, 2.05) is 9.80 Å². The van der Waals surface area contributed by atoms with Crippen LogP contribution < -0.4 is 5.32 Å². The van der Waals surface area contributed by atoms with Gasteiger partial charge in [-0.25, -0.2) is 4.79 Å². The van der Waals surface area contributed by atoms with Gasteiger partial charge in [0, 0.05) is 46.1 Å². The van der Waals surface area contributed by atoms with Gasteiger partial charge in [-0.3, -0.25) is 4.79 Å². The van der Waals surface area contributed by atoms with Crippen LogP contribution in [0.3, 0.4) is 0 Å². The molecule has 2 saturated heterocycles. The lowest BCUT2D eigenvalue weighted by Gasteiger charge is -2.41. The third kappa shape index (κ3) is 4.49. The van der Waals surface area contributed by atoms with E-state index < -0.39 is 0 Å². The SMILES string of the molecule is COC1CCCC1C1COCCN1C(=O)NCC1CCCN(C(C)=O)C1. The standard InChI is InChI=1S/C19H33N3O4/c1-14(23)21-8-4-5-15(12-21)11-20-19(24)22-9-10-26-13-17(22)16-6-3-7-18(16)25-2/h15-18H,3-13H2,1-2H3,(H,20,24). The Morgan fingerprint density at radius 1 is 1.19 bits per heavy atom. The molecule has 1 saturated carbocycles. The van der Waals surface area contributed by atoms with E-state index in [-0.39, 0.29) is 24.1 Å². The second kappa shape index (κ2) is 9.04. The maximum absolute atomic E-state index is 12.9. The van der Waals surface area contributed by atoms with Crippen molar-refractivity contribution < 1.29 is 19.1 Å². The normalized spacial score (nSPS) is 32.5. The minimum Gasteiger partial charge on any atom is -0.381 e. The van der Waals surface area contributed by atoms with Gasteiger partial charge in [0.2, 0.25) is 5.91 Å². The molecule has 0 radical (unpaired) electrons. The number of morpholine rings is 1. The number of rotatable bonds is 4. The van der Waals surface area contributed by atoms with Crippen molar-refractivity contribution in [3.63, 3.8) is 0 Å². The van der Waals surface area contributed by atoms with Gasteiger partial charge >= 0.3 is 6.03 Å². The van der Waals surface area contributed by atoms with Crippen LogP contribution in [0.25, 0.3) is 0 Å². The summed E-state index contributed by atoms with van der Waals surface area (Å²) in [5.74, 6) is 0.823. The Kier molecular flexibility index (Phi) is 6.75. The van der Waals surface area contributed by atoms with E-state index in [9.17, 15) is 9.59 Å². The Balaban J connectivity index is 1.54. The van der Waals surface area contributed by atoms with Crippen LogP contribution in [0.4, 0.5) is 4.79 Å². The van der Waals surface area contributed by atoms with Crippen LogP contribution in [0.5, 0.6) is 0 Å². The maximum atomic E-state index is 12.9. The smallest absolute Gasteiger partial charge is 0.317 e. The number of methoxy groups -OCH3 is 1. The fourth-order valence-corrected chi connectivity index (χ4v) is 4.77. The molecule has 1 N–H and O–H groups in total. The van der Waals surface area contributed by atoms with Crippen LogP contribution in [0.2, 0.25) is 0 Å². The summed E-state index contributed by atoms with van der Waals surface area (Å²) in [7, 11) is 1.76. The lowest BCUT2D eigenvalue weighted by Crippen LogP contribution is -2.57. The molecule has 0 spiro atoms. The van der Waals surface area contributed by atoms with Crippen molar-refractivity contribution in [3.8, 4) is 0 Å². The first kappa shape index (κ1) is 19.4. The predicted molar refractivity (Wildman–Crippen MR) is 97.8 cm³/mol. The average Bonchev–Trinajstić information content (AvgIpc) is 3.15. The molecule has 4 atom stereocenters. The van der Waals surface area contributed by atoms with E-state index in [1.165, 1.54) is 0 Å². The molecule has 3 fully saturated rings. The van der Waals surface area contributed by atoms with Gasteiger partial charge < -0.3 is 24.6 Å². The Morgan fingerprint density at radius 3 is 2.81 bits per heavy atom. The first-order valence-corrected chi connectivity index (χ1v) is 10.0. The summed E-state index contributed by atoms with van der Waals surface area (Å²) in [6.07, 6.45) is 5.60. The summed E-state index contributed by atoms with van der Waals surface area (Å²) in [6, 6.07) is 0.0938. The molecule has 148 valence electrons. The van der Waals surface area contributed by atoms with Crippen molar-refractivity contribution in [1.82, 2.24) is 15.1 Å². The van der Waals surface area contributed by atoms with E-state index in [2.05, 4.69) is 5.32 Å². The zero-order valence-corrected chi connectivity index (χ0v) is 16.1. The molecular weight excluding hydrogens is 334 g/mol. The first-order valence-electron chi connectivity index (χ1n) is 10.0. The number of amides is 3. The number of piperidine rings is 1. The van der Waals surface area contributed by atoms with E-state index in [0.717, 1.165) is 45.2 Å². The molecule has 3 amide bonds. The number of carbonyl (C=O) groups is 2. The van der Waals surface area contributed by atoms with Crippen molar-refractivity contribution in [2.75, 3.05) is 46.5 Å². The summed E-state index contributed by atoms with van der Waals surface area (Å²) >= 11 is 0. The predicted octanol–water partition coefficient (Wildman–Crippen LogP) is 1.47. The van der Waals surface area contributed by atoms with E-state index in [4.69, 9.17) is 9.47 Å². The van der Waals surface area contributed by atoms with Gasteiger partial charge in [-0.1, -0.05) is 6.42 Å². The third-order valence-corrected chi connectivity index (χ3v) is 6.23. The van der Waals surface area contributed by atoms with Crippen molar-refractivity contribution in [2.45, 2.75) is 51.2 Å². The van der Waals surface area contributed by atoms with Crippen LogP contribution in [0.1, 0.15) is 39.0 Å². The lowest BCUT2D eigenvalue weighted by molar-refractivity contribution is -0.130.